The van der Waals surface area contributed by atoms with Crippen LogP contribution >= 0.6 is 0 Å². The topological polar surface area (TPSA) is 77.0 Å². The molecule has 1 aliphatic rings. The molecule has 0 saturated carbocycles. The van der Waals surface area contributed by atoms with Gasteiger partial charge in [-0.15, -0.1) is 0 Å². The fraction of sp³-hybridized carbons (Fsp3) is 0.318. The molecule has 2 aromatic carbocycles. The van der Waals surface area contributed by atoms with Crippen molar-refractivity contribution in [3.8, 4) is 0 Å². The molecule has 3 rings (SSSR count). The first-order chi connectivity index (χ1) is 15.8. The van der Waals surface area contributed by atoms with Crippen molar-refractivity contribution >= 4 is 17.7 Å². The SMILES string of the molecule is CC1(C(=O)OCc2cccc(C(F)(F)F)c2)CC(C(=O)OCc2cccc(C(F)(F)F)c2)=NN1. The van der Waals surface area contributed by atoms with E-state index in [2.05, 4.69) is 10.5 Å². The van der Waals surface area contributed by atoms with Crippen LogP contribution in [0, 0.1) is 0 Å². The van der Waals surface area contributed by atoms with Crippen LogP contribution in [-0.2, 0) is 44.6 Å². The maximum atomic E-state index is 12.8. The van der Waals surface area contributed by atoms with E-state index in [1.807, 2.05) is 0 Å². The molecular formula is C22H18F6N2O4. The summed E-state index contributed by atoms with van der Waals surface area (Å²) in [4.78, 5) is 24.7. The number of carbonyl (C=O) groups is 2. The quantitative estimate of drug-likeness (QED) is 0.475. The molecule has 182 valence electrons. The smallest absolute Gasteiger partial charge is 0.416 e. The summed E-state index contributed by atoms with van der Waals surface area (Å²) in [6.45, 7) is 0.492. The van der Waals surface area contributed by atoms with Crippen LogP contribution in [0.5, 0.6) is 0 Å². The molecule has 0 spiro atoms. The summed E-state index contributed by atoms with van der Waals surface area (Å²) >= 11 is 0. The lowest BCUT2D eigenvalue weighted by molar-refractivity contribution is -0.151. The van der Waals surface area contributed by atoms with Gasteiger partial charge in [0, 0.05) is 6.42 Å². The highest BCUT2D eigenvalue weighted by Gasteiger charge is 2.43. The molecule has 0 aliphatic carbocycles. The van der Waals surface area contributed by atoms with E-state index in [0.29, 0.717) is 0 Å². The van der Waals surface area contributed by atoms with Gasteiger partial charge in [-0.05, 0) is 42.3 Å². The number of esters is 2. The molecule has 0 aromatic heterocycles. The van der Waals surface area contributed by atoms with Crippen molar-refractivity contribution < 1.29 is 45.4 Å². The predicted octanol–water partition coefficient (Wildman–Crippen LogP) is 4.62. The minimum absolute atomic E-state index is 0.109. The number of hydrogen-bond donors (Lipinski definition) is 1. The molecule has 0 saturated heterocycles. The average molecular weight is 488 g/mol. The summed E-state index contributed by atoms with van der Waals surface area (Å²) in [5.41, 5.74) is -0.777. The molecule has 2 aromatic rings. The van der Waals surface area contributed by atoms with Gasteiger partial charge < -0.3 is 9.47 Å². The average Bonchev–Trinajstić information content (AvgIpc) is 3.18. The number of alkyl halides is 6. The largest absolute Gasteiger partial charge is 0.459 e. The molecule has 1 N–H and O–H groups in total. The van der Waals surface area contributed by atoms with Gasteiger partial charge in [0.25, 0.3) is 0 Å². The third-order valence-electron chi connectivity index (χ3n) is 4.89. The molecule has 0 fully saturated rings. The van der Waals surface area contributed by atoms with Crippen molar-refractivity contribution in [2.45, 2.75) is 44.4 Å². The highest BCUT2D eigenvalue weighted by Crippen LogP contribution is 2.31. The van der Waals surface area contributed by atoms with Crippen LogP contribution in [0.25, 0.3) is 0 Å². The van der Waals surface area contributed by atoms with Crippen LogP contribution in [0.1, 0.15) is 35.6 Å². The first-order valence-electron chi connectivity index (χ1n) is 9.78. The van der Waals surface area contributed by atoms with Gasteiger partial charge in [-0.3, -0.25) is 5.43 Å². The second-order valence-electron chi connectivity index (χ2n) is 7.73. The summed E-state index contributed by atoms with van der Waals surface area (Å²) in [5.74, 6) is -1.81. The van der Waals surface area contributed by atoms with E-state index in [-0.39, 0.29) is 23.3 Å². The van der Waals surface area contributed by atoms with Crippen molar-refractivity contribution in [2.75, 3.05) is 0 Å². The highest BCUT2D eigenvalue weighted by atomic mass is 19.4. The summed E-state index contributed by atoms with van der Waals surface area (Å²) in [5, 5.41) is 3.74. The lowest BCUT2D eigenvalue weighted by atomic mass is 9.97. The first kappa shape index (κ1) is 25.1. The lowest BCUT2D eigenvalue weighted by Gasteiger charge is -2.21. The Morgan fingerprint density at radius 3 is 1.91 bits per heavy atom. The van der Waals surface area contributed by atoms with Gasteiger partial charge in [-0.25, -0.2) is 9.59 Å². The van der Waals surface area contributed by atoms with Crippen molar-refractivity contribution in [3.05, 3.63) is 70.8 Å². The Labute approximate surface area is 189 Å². The van der Waals surface area contributed by atoms with Crippen molar-refractivity contribution in [2.24, 2.45) is 5.10 Å². The Kier molecular flexibility index (Phi) is 6.89. The Morgan fingerprint density at radius 1 is 0.912 bits per heavy atom. The number of hydrazone groups is 1. The van der Waals surface area contributed by atoms with Gasteiger partial charge in [0.15, 0.2) is 5.54 Å². The van der Waals surface area contributed by atoms with Gasteiger partial charge in [0.1, 0.15) is 18.9 Å². The Morgan fingerprint density at radius 2 is 1.41 bits per heavy atom. The number of ether oxygens (including phenoxy) is 2. The van der Waals surface area contributed by atoms with Crippen LogP contribution in [0.2, 0.25) is 0 Å². The minimum Gasteiger partial charge on any atom is -0.459 e. The van der Waals surface area contributed by atoms with E-state index in [4.69, 9.17) is 9.47 Å². The first-order valence-corrected chi connectivity index (χ1v) is 9.78. The van der Waals surface area contributed by atoms with Crippen molar-refractivity contribution in [1.29, 1.82) is 0 Å². The fourth-order valence-corrected chi connectivity index (χ4v) is 3.06. The summed E-state index contributed by atoms with van der Waals surface area (Å²) in [6, 6.07) is 8.54. The minimum atomic E-state index is -4.55. The zero-order valence-corrected chi connectivity index (χ0v) is 17.6. The third-order valence-corrected chi connectivity index (χ3v) is 4.89. The Bertz CT molecular complexity index is 1110. The molecule has 6 nitrogen and oxygen atoms in total. The van der Waals surface area contributed by atoms with Crippen LogP contribution < -0.4 is 5.43 Å². The van der Waals surface area contributed by atoms with Gasteiger partial charge in [-0.2, -0.15) is 31.4 Å². The number of halogens is 6. The van der Waals surface area contributed by atoms with Gasteiger partial charge in [0.05, 0.1) is 11.1 Å². The Hall–Kier alpha value is -3.57. The summed E-state index contributed by atoms with van der Waals surface area (Å²) in [7, 11) is 0. The lowest BCUT2D eigenvalue weighted by Crippen LogP contribution is -2.45. The molecule has 1 aliphatic heterocycles. The van der Waals surface area contributed by atoms with Crippen LogP contribution in [0.4, 0.5) is 26.3 Å². The summed E-state index contributed by atoms with van der Waals surface area (Å²) < 4.78 is 86.9. The standard InChI is InChI=1S/C22H18F6N2O4/c1-20(19(32)34-12-14-5-3-7-16(9-14)22(26,27)28)10-17(29-30-20)18(31)33-11-13-4-2-6-15(8-13)21(23,24)25/h2-9,30H,10-12H2,1H3. The van der Waals surface area contributed by atoms with Crippen molar-refractivity contribution in [1.82, 2.24) is 5.43 Å². The second kappa shape index (κ2) is 9.35. The molecule has 34 heavy (non-hydrogen) atoms. The predicted molar refractivity (Wildman–Crippen MR) is 106 cm³/mol. The molecule has 1 atom stereocenters. The van der Waals surface area contributed by atoms with Crippen LogP contribution in [0.15, 0.2) is 53.6 Å². The molecule has 0 amide bonds. The van der Waals surface area contributed by atoms with E-state index in [9.17, 15) is 35.9 Å². The van der Waals surface area contributed by atoms with Crippen LogP contribution in [-0.4, -0.2) is 23.2 Å². The fourth-order valence-electron chi connectivity index (χ4n) is 3.06. The number of nitrogens with one attached hydrogen (secondary N) is 1. The number of benzene rings is 2. The molecular weight excluding hydrogens is 470 g/mol. The third kappa shape index (κ3) is 6.06. The van der Waals surface area contributed by atoms with Crippen LogP contribution in [0.3, 0.4) is 0 Å². The maximum Gasteiger partial charge on any atom is 0.416 e. The van der Waals surface area contributed by atoms with E-state index in [1.54, 1.807) is 0 Å². The van der Waals surface area contributed by atoms with Gasteiger partial charge >= 0.3 is 24.3 Å². The van der Waals surface area contributed by atoms with E-state index < -0.39 is 54.2 Å². The molecule has 12 heteroatoms. The van der Waals surface area contributed by atoms with E-state index in [0.717, 1.165) is 24.3 Å². The highest BCUT2D eigenvalue weighted by molar-refractivity contribution is 6.37. The number of rotatable bonds is 6. The molecule has 0 bridgehead atoms. The summed E-state index contributed by atoms with van der Waals surface area (Å²) in [6.07, 6.45) is -9.35. The number of carbonyl (C=O) groups excluding carboxylic acids is 2. The zero-order valence-electron chi connectivity index (χ0n) is 17.6. The molecule has 0 radical (unpaired) electrons. The normalized spacial score (nSPS) is 18.1. The zero-order chi connectivity index (χ0) is 25.1. The number of nitrogens with zero attached hydrogens (tertiary/aromatic N) is 1. The maximum absolute atomic E-state index is 12.8. The van der Waals surface area contributed by atoms with Gasteiger partial charge in [0.2, 0.25) is 0 Å². The monoisotopic (exact) mass is 488 g/mol. The number of hydrogen-bond acceptors (Lipinski definition) is 6. The van der Waals surface area contributed by atoms with Gasteiger partial charge in [-0.1, -0.05) is 24.3 Å². The molecule has 1 heterocycles. The molecule has 1 unspecified atom stereocenters. The second-order valence-corrected chi connectivity index (χ2v) is 7.73. The Balaban J connectivity index is 1.54. The van der Waals surface area contributed by atoms with Crippen molar-refractivity contribution in [3.63, 3.8) is 0 Å². The van der Waals surface area contributed by atoms with E-state index in [1.165, 1.54) is 31.2 Å². The van der Waals surface area contributed by atoms with E-state index >= 15 is 0 Å².